The number of amides is 2. The lowest BCUT2D eigenvalue weighted by atomic mass is 10.4. The second-order valence-corrected chi connectivity index (χ2v) is 1.78. The number of hydrogen-bond donors (Lipinski definition) is 2. The molecule has 6 heteroatoms. The van der Waals surface area contributed by atoms with Crippen LogP contribution in [0.5, 0.6) is 0 Å². The van der Waals surface area contributed by atoms with E-state index in [2.05, 4.69) is 0 Å². The first-order valence-electron chi connectivity index (χ1n) is 3.02. The van der Waals surface area contributed by atoms with E-state index >= 15 is 0 Å². The highest BCUT2D eigenvalue weighted by molar-refractivity contribution is 5.62. The van der Waals surface area contributed by atoms with Gasteiger partial charge in [-0.05, 0) is 6.42 Å². The Morgan fingerprint density at radius 3 is 1.64 bits per heavy atom. The third-order valence-electron chi connectivity index (χ3n) is 0.892. The van der Waals surface area contributed by atoms with Gasteiger partial charge in [-0.1, -0.05) is 0 Å². The Labute approximate surface area is 63.2 Å². The molecule has 0 heterocycles. The molecule has 64 valence electrons. The van der Waals surface area contributed by atoms with Gasteiger partial charge in [0, 0.05) is 13.1 Å². The van der Waals surface area contributed by atoms with Gasteiger partial charge in [0.05, 0.1) is 0 Å². The molecule has 2 N–H and O–H groups in total. The summed E-state index contributed by atoms with van der Waals surface area (Å²) < 4.78 is 0. The predicted octanol–water partition coefficient (Wildman–Crippen LogP) is -2.76. The number of hydrogen-bond acceptors (Lipinski definition) is 4. The Balaban J connectivity index is 3.03. The molecule has 11 heavy (non-hydrogen) atoms. The molecule has 0 aromatic heterocycles. The second-order valence-electron chi connectivity index (χ2n) is 1.78. The van der Waals surface area contributed by atoms with Gasteiger partial charge in [0.15, 0.2) is 0 Å². The minimum absolute atomic E-state index is 0.169. The maximum atomic E-state index is 9.73. The van der Waals surface area contributed by atoms with Crippen molar-refractivity contribution in [3.8, 4) is 0 Å². The van der Waals surface area contributed by atoms with Crippen LogP contribution in [0.4, 0.5) is 9.59 Å². The predicted molar refractivity (Wildman–Crippen MR) is 31.4 cm³/mol. The van der Waals surface area contributed by atoms with Crippen molar-refractivity contribution in [2.24, 2.45) is 0 Å². The lowest BCUT2D eigenvalue weighted by Gasteiger charge is -2.07. The Bertz CT molecular complexity index is 131. The van der Waals surface area contributed by atoms with Crippen molar-refractivity contribution in [2.75, 3.05) is 13.1 Å². The molecule has 6 nitrogen and oxygen atoms in total. The molecular weight excluding hydrogens is 152 g/mol. The molecule has 0 radical (unpaired) electrons. The topological polar surface area (TPSA) is 104 Å². The average molecular weight is 160 g/mol. The van der Waals surface area contributed by atoms with E-state index in [9.17, 15) is 19.8 Å². The summed E-state index contributed by atoms with van der Waals surface area (Å²) in [5.74, 6) is 0. The number of rotatable bonds is 4. The Kier molecular flexibility index (Phi) is 4.63. The van der Waals surface area contributed by atoms with Crippen LogP contribution in [0.15, 0.2) is 0 Å². The van der Waals surface area contributed by atoms with Gasteiger partial charge in [-0.15, -0.1) is 0 Å². The van der Waals surface area contributed by atoms with Crippen LogP contribution in [0, 0.1) is 0 Å². The molecule has 0 unspecified atom stereocenters. The van der Waals surface area contributed by atoms with Crippen molar-refractivity contribution in [2.45, 2.75) is 6.42 Å². The summed E-state index contributed by atoms with van der Waals surface area (Å²) in [5, 5.41) is 23.4. The summed E-state index contributed by atoms with van der Waals surface area (Å²) in [6.07, 6.45) is -2.35. The normalized spacial score (nSPS) is 8.73. The molecule has 0 rings (SSSR count). The van der Waals surface area contributed by atoms with Gasteiger partial charge in [0.25, 0.3) is 0 Å². The van der Waals surface area contributed by atoms with Crippen molar-refractivity contribution in [3.05, 3.63) is 0 Å². The third-order valence-corrected chi connectivity index (χ3v) is 0.892. The second kappa shape index (κ2) is 5.33. The van der Waals surface area contributed by atoms with Crippen LogP contribution in [0.25, 0.3) is 0 Å². The zero-order chi connectivity index (χ0) is 8.69. The summed E-state index contributed by atoms with van der Waals surface area (Å²) in [4.78, 5) is 19.5. The Hall–Kier alpha value is -1.46. The van der Waals surface area contributed by atoms with Crippen LogP contribution >= 0.6 is 0 Å². The number of carbonyl (C=O) groups is 2. The minimum Gasteiger partial charge on any atom is -0.530 e. The van der Waals surface area contributed by atoms with E-state index in [0.717, 1.165) is 0 Å². The summed E-state index contributed by atoms with van der Waals surface area (Å²) in [5.41, 5.74) is 0. The van der Waals surface area contributed by atoms with Crippen molar-refractivity contribution < 1.29 is 19.8 Å². The molecule has 2 amide bonds. The van der Waals surface area contributed by atoms with E-state index < -0.39 is 12.2 Å². The number of carbonyl (C=O) groups excluding carboxylic acids is 2. The van der Waals surface area contributed by atoms with Gasteiger partial charge in [-0.3, -0.25) is 0 Å². The first-order chi connectivity index (χ1) is 5.13. The highest BCUT2D eigenvalue weighted by Crippen LogP contribution is 1.71. The number of nitrogens with one attached hydrogen (secondary N) is 2. The van der Waals surface area contributed by atoms with Crippen molar-refractivity contribution >= 4 is 12.2 Å². The molecule has 0 aromatic carbocycles. The van der Waals surface area contributed by atoms with Crippen LogP contribution < -0.4 is 20.8 Å². The highest BCUT2D eigenvalue weighted by atomic mass is 16.4. The summed E-state index contributed by atoms with van der Waals surface area (Å²) in [7, 11) is 0. The van der Waals surface area contributed by atoms with E-state index in [1.807, 2.05) is 10.6 Å². The first-order valence-corrected chi connectivity index (χ1v) is 3.02. The van der Waals surface area contributed by atoms with Gasteiger partial charge in [-0.25, -0.2) is 0 Å². The number of carboxylic acid groups (broad SMARTS) is 2. The largest absolute Gasteiger partial charge is 0.530 e. The molecule has 0 saturated heterocycles. The molecule has 0 fully saturated rings. The van der Waals surface area contributed by atoms with E-state index in [0.29, 0.717) is 6.42 Å². The quantitative estimate of drug-likeness (QED) is 0.434. The molecule has 0 aliphatic heterocycles. The Morgan fingerprint density at radius 2 is 1.36 bits per heavy atom. The fraction of sp³-hybridized carbons (Fsp3) is 0.600. The van der Waals surface area contributed by atoms with Crippen molar-refractivity contribution in [3.63, 3.8) is 0 Å². The minimum atomic E-state index is -1.36. The van der Waals surface area contributed by atoms with Gasteiger partial charge >= 0.3 is 0 Å². The van der Waals surface area contributed by atoms with Crippen LogP contribution in [0.2, 0.25) is 0 Å². The van der Waals surface area contributed by atoms with E-state index in [1.165, 1.54) is 0 Å². The van der Waals surface area contributed by atoms with Crippen LogP contribution in [0.3, 0.4) is 0 Å². The first kappa shape index (κ1) is 9.54. The lowest BCUT2D eigenvalue weighted by molar-refractivity contribution is -0.251. The molecule has 0 saturated carbocycles. The Morgan fingerprint density at radius 1 is 1.00 bits per heavy atom. The lowest BCUT2D eigenvalue weighted by Crippen LogP contribution is -2.40. The summed E-state index contributed by atoms with van der Waals surface area (Å²) in [6, 6.07) is 0. The monoisotopic (exact) mass is 160 g/mol. The summed E-state index contributed by atoms with van der Waals surface area (Å²) in [6.45, 7) is 0.339. The molecule has 0 aromatic rings. The fourth-order valence-corrected chi connectivity index (χ4v) is 0.469. The SMILES string of the molecule is O=C([O-])NCCCNC(=O)[O-]. The molecule has 0 bridgehead atoms. The molecule has 0 aliphatic rings. The molecule has 0 aliphatic carbocycles. The van der Waals surface area contributed by atoms with E-state index in [1.54, 1.807) is 0 Å². The van der Waals surface area contributed by atoms with Gasteiger partial charge in [0.1, 0.15) is 12.2 Å². The van der Waals surface area contributed by atoms with Crippen molar-refractivity contribution in [1.82, 2.24) is 10.6 Å². The van der Waals surface area contributed by atoms with Gasteiger partial charge in [-0.2, -0.15) is 0 Å². The molecule has 0 spiro atoms. The van der Waals surface area contributed by atoms with Crippen molar-refractivity contribution in [1.29, 1.82) is 0 Å². The van der Waals surface area contributed by atoms with Crippen LogP contribution in [-0.2, 0) is 0 Å². The van der Waals surface area contributed by atoms with E-state index in [4.69, 9.17) is 0 Å². The maximum absolute atomic E-state index is 9.73. The zero-order valence-corrected chi connectivity index (χ0v) is 5.75. The van der Waals surface area contributed by atoms with Gasteiger partial charge < -0.3 is 30.4 Å². The maximum Gasteiger partial charge on any atom is 0.134 e. The van der Waals surface area contributed by atoms with Gasteiger partial charge in [0.2, 0.25) is 0 Å². The summed E-state index contributed by atoms with van der Waals surface area (Å²) >= 11 is 0. The molecular formula is C5H8N2O4-2. The smallest absolute Gasteiger partial charge is 0.134 e. The molecule has 0 atom stereocenters. The highest BCUT2D eigenvalue weighted by Gasteiger charge is 1.86. The standard InChI is InChI=1S/C5H10N2O4/c8-4(9)6-2-1-3-7-5(10)11/h6-7H,1-3H2,(H,8,9)(H,10,11)/p-2. The van der Waals surface area contributed by atoms with Crippen LogP contribution in [-0.4, -0.2) is 25.3 Å². The zero-order valence-electron chi connectivity index (χ0n) is 5.75. The van der Waals surface area contributed by atoms with Crippen LogP contribution in [0.1, 0.15) is 6.42 Å². The fourth-order valence-electron chi connectivity index (χ4n) is 0.469. The average Bonchev–Trinajstić information content (AvgIpc) is 1.85. The van der Waals surface area contributed by atoms with E-state index in [-0.39, 0.29) is 13.1 Å². The third kappa shape index (κ3) is 8.54.